The van der Waals surface area contributed by atoms with Gasteiger partial charge in [-0.25, -0.2) is 0 Å². The number of nitrogens with zero attached hydrogens (tertiary/aromatic N) is 3. The Balaban J connectivity index is 1.33. The molecule has 26 heavy (non-hydrogen) atoms. The average Bonchev–Trinajstić information content (AvgIpc) is 3.25. The van der Waals surface area contributed by atoms with Crippen molar-refractivity contribution < 1.29 is 4.79 Å². The van der Waals surface area contributed by atoms with E-state index < -0.39 is 0 Å². The molecule has 0 radical (unpaired) electrons. The molecule has 0 aromatic carbocycles. The molecule has 1 aliphatic carbocycles. The Morgan fingerprint density at radius 2 is 2.00 bits per heavy atom. The van der Waals surface area contributed by atoms with Crippen molar-refractivity contribution in [2.45, 2.75) is 39.3 Å². The second-order valence-corrected chi connectivity index (χ2v) is 8.27. The Labute approximate surface area is 159 Å². The first kappa shape index (κ1) is 17.6. The minimum Gasteiger partial charge on any atom is -0.346 e. The number of hydrogen-bond donors (Lipinski definition) is 0. The smallest absolute Gasteiger partial charge is 0.246 e. The second-order valence-electron chi connectivity index (χ2n) is 7.49. The molecule has 138 valence electrons. The predicted octanol–water partition coefficient (Wildman–Crippen LogP) is 3.86. The van der Waals surface area contributed by atoms with Crippen molar-refractivity contribution >= 4 is 23.3 Å². The van der Waals surface area contributed by atoms with Crippen molar-refractivity contribution in [3.63, 3.8) is 0 Å². The molecular formula is C21H27N3OS. The lowest BCUT2D eigenvalue weighted by Crippen LogP contribution is -2.47. The van der Waals surface area contributed by atoms with Gasteiger partial charge in [0.15, 0.2) is 0 Å². The summed E-state index contributed by atoms with van der Waals surface area (Å²) in [4.78, 5) is 17.0. The number of aryl methyl sites for hydroxylation is 1. The van der Waals surface area contributed by atoms with Crippen molar-refractivity contribution in [2.24, 2.45) is 0 Å². The van der Waals surface area contributed by atoms with Gasteiger partial charge in [-0.2, -0.15) is 11.3 Å². The summed E-state index contributed by atoms with van der Waals surface area (Å²) in [5.74, 6) is 0.136. The van der Waals surface area contributed by atoms with Gasteiger partial charge in [-0.3, -0.25) is 9.69 Å². The molecule has 1 amide bonds. The van der Waals surface area contributed by atoms with Gasteiger partial charge in [0.1, 0.15) is 0 Å². The molecular weight excluding hydrogens is 342 g/mol. The van der Waals surface area contributed by atoms with Gasteiger partial charge in [0.25, 0.3) is 0 Å². The van der Waals surface area contributed by atoms with E-state index in [1.165, 1.54) is 35.4 Å². The quantitative estimate of drug-likeness (QED) is 0.749. The van der Waals surface area contributed by atoms with E-state index in [2.05, 4.69) is 46.2 Å². The van der Waals surface area contributed by atoms with Crippen LogP contribution in [0, 0.1) is 13.8 Å². The summed E-state index contributed by atoms with van der Waals surface area (Å²) in [5.41, 5.74) is 5.15. The van der Waals surface area contributed by atoms with Crippen LogP contribution in [-0.4, -0.2) is 46.5 Å². The van der Waals surface area contributed by atoms with Gasteiger partial charge in [-0.1, -0.05) is 0 Å². The Kier molecular flexibility index (Phi) is 5.00. The summed E-state index contributed by atoms with van der Waals surface area (Å²) >= 11 is 1.75. The van der Waals surface area contributed by atoms with Crippen LogP contribution >= 0.6 is 11.3 Å². The zero-order valence-electron chi connectivity index (χ0n) is 15.6. The normalized spacial score (nSPS) is 18.8. The maximum atomic E-state index is 12.6. The molecule has 2 aromatic rings. The summed E-state index contributed by atoms with van der Waals surface area (Å²) in [6, 6.07) is 5.07. The molecule has 0 bridgehead atoms. The van der Waals surface area contributed by atoms with Crippen LogP contribution in [0.15, 0.2) is 29.0 Å². The third-order valence-electron chi connectivity index (χ3n) is 5.51. The molecule has 4 nitrogen and oxygen atoms in total. The van der Waals surface area contributed by atoms with Gasteiger partial charge in [0.2, 0.25) is 5.91 Å². The summed E-state index contributed by atoms with van der Waals surface area (Å²) in [7, 11) is 0. The third-order valence-corrected chi connectivity index (χ3v) is 6.24. The lowest BCUT2D eigenvalue weighted by Gasteiger charge is -2.34. The highest BCUT2D eigenvalue weighted by molar-refractivity contribution is 7.07. The Hall–Kier alpha value is -1.85. The van der Waals surface area contributed by atoms with Crippen molar-refractivity contribution in [2.75, 3.05) is 26.2 Å². The van der Waals surface area contributed by atoms with Crippen LogP contribution in [0.3, 0.4) is 0 Å². The molecule has 0 N–H and O–H groups in total. The Morgan fingerprint density at radius 1 is 1.23 bits per heavy atom. The average molecular weight is 370 g/mol. The number of piperazine rings is 1. The highest BCUT2D eigenvalue weighted by Crippen LogP contribution is 2.38. The number of aromatic nitrogens is 1. The van der Waals surface area contributed by atoms with Gasteiger partial charge < -0.3 is 9.47 Å². The zero-order valence-corrected chi connectivity index (χ0v) is 16.5. The molecule has 4 rings (SSSR count). The van der Waals surface area contributed by atoms with Crippen LogP contribution in [-0.2, 0) is 11.3 Å². The molecule has 3 heterocycles. The van der Waals surface area contributed by atoms with Crippen LogP contribution in [0.4, 0.5) is 0 Å². The summed E-state index contributed by atoms with van der Waals surface area (Å²) in [6.07, 6.45) is 6.33. The maximum Gasteiger partial charge on any atom is 0.246 e. The highest BCUT2D eigenvalue weighted by Gasteiger charge is 2.26. The molecule has 2 fully saturated rings. The monoisotopic (exact) mass is 369 g/mol. The van der Waals surface area contributed by atoms with Crippen LogP contribution in [0.25, 0.3) is 6.08 Å². The van der Waals surface area contributed by atoms with Crippen molar-refractivity contribution in [3.8, 4) is 0 Å². The standard InChI is InChI=1S/C21H27N3OS/c1-16-13-19(17(2)24(16)20-4-5-20)3-6-21(25)23-10-8-22(9-11-23)14-18-7-12-26-15-18/h3,6-7,12-13,15,20H,4-5,8-11,14H2,1-2H3. The first-order valence-corrected chi connectivity index (χ1v) is 10.4. The lowest BCUT2D eigenvalue weighted by molar-refractivity contribution is -0.127. The van der Waals surface area contributed by atoms with E-state index in [0.717, 1.165) is 32.7 Å². The number of rotatable bonds is 5. The van der Waals surface area contributed by atoms with Crippen LogP contribution < -0.4 is 0 Å². The first-order chi connectivity index (χ1) is 12.6. The zero-order chi connectivity index (χ0) is 18.1. The summed E-state index contributed by atoms with van der Waals surface area (Å²) in [5, 5.41) is 4.33. The fourth-order valence-corrected chi connectivity index (χ4v) is 4.56. The minimum absolute atomic E-state index is 0.136. The van der Waals surface area contributed by atoms with Crippen LogP contribution in [0.5, 0.6) is 0 Å². The van der Waals surface area contributed by atoms with E-state index in [1.807, 2.05) is 11.0 Å². The molecule has 2 aliphatic rings. The summed E-state index contributed by atoms with van der Waals surface area (Å²) < 4.78 is 2.42. The van der Waals surface area contributed by atoms with Gasteiger partial charge in [0.05, 0.1) is 0 Å². The molecule has 2 aromatic heterocycles. The highest BCUT2D eigenvalue weighted by atomic mass is 32.1. The molecule has 1 saturated carbocycles. The second kappa shape index (κ2) is 7.41. The number of hydrogen-bond acceptors (Lipinski definition) is 3. The van der Waals surface area contributed by atoms with Crippen molar-refractivity contribution in [3.05, 3.63) is 51.5 Å². The van der Waals surface area contributed by atoms with E-state index in [1.54, 1.807) is 17.4 Å². The predicted molar refractivity (Wildman–Crippen MR) is 107 cm³/mol. The number of carbonyl (C=O) groups excluding carboxylic acids is 1. The number of carbonyl (C=O) groups is 1. The molecule has 1 saturated heterocycles. The number of thiophene rings is 1. The SMILES string of the molecule is Cc1cc(C=CC(=O)N2CCN(Cc3ccsc3)CC2)c(C)n1C1CC1. The van der Waals surface area contributed by atoms with E-state index in [9.17, 15) is 4.79 Å². The van der Waals surface area contributed by atoms with Gasteiger partial charge in [-0.15, -0.1) is 0 Å². The largest absolute Gasteiger partial charge is 0.346 e. The number of amides is 1. The van der Waals surface area contributed by atoms with E-state index >= 15 is 0 Å². The first-order valence-electron chi connectivity index (χ1n) is 9.50. The molecule has 0 atom stereocenters. The van der Waals surface area contributed by atoms with Crippen molar-refractivity contribution in [1.29, 1.82) is 0 Å². The van der Waals surface area contributed by atoms with Gasteiger partial charge >= 0.3 is 0 Å². The maximum absolute atomic E-state index is 12.6. The lowest BCUT2D eigenvalue weighted by atomic mass is 10.2. The minimum atomic E-state index is 0.136. The molecule has 1 aliphatic heterocycles. The fourth-order valence-electron chi connectivity index (χ4n) is 3.90. The third kappa shape index (κ3) is 3.79. The Bertz CT molecular complexity index is 794. The van der Waals surface area contributed by atoms with Gasteiger partial charge in [0, 0.05) is 56.2 Å². The van der Waals surface area contributed by atoms with E-state index in [0.29, 0.717) is 6.04 Å². The van der Waals surface area contributed by atoms with Crippen LogP contribution in [0.1, 0.15) is 41.4 Å². The van der Waals surface area contributed by atoms with Crippen LogP contribution in [0.2, 0.25) is 0 Å². The molecule has 0 unspecified atom stereocenters. The van der Waals surface area contributed by atoms with Crippen molar-refractivity contribution in [1.82, 2.24) is 14.4 Å². The molecule has 0 spiro atoms. The van der Waals surface area contributed by atoms with Gasteiger partial charge in [-0.05, 0) is 66.8 Å². The van der Waals surface area contributed by atoms with E-state index in [4.69, 9.17) is 0 Å². The Morgan fingerprint density at radius 3 is 2.65 bits per heavy atom. The molecule has 5 heteroatoms. The topological polar surface area (TPSA) is 28.5 Å². The fraction of sp³-hybridized carbons (Fsp3) is 0.476. The van der Waals surface area contributed by atoms with E-state index in [-0.39, 0.29) is 5.91 Å². The summed E-state index contributed by atoms with van der Waals surface area (Å²) in [6.45, 7) is 8.85.